The summed E-state index contributed by atoms with van der Waals surface area (Å²) in [6.07, 6.45) is 1.68. The van der Waals surface area contributed by atoms with Crippen LogP contribution in [0.2, 0.25) is 0 Å². The van der Waals surface area contributed by atoms with Crippen LogP contribution in [-0.2, 0) is 7.05 Å². The molecule has 0 amide bonds. The number of anilines is 1. The van der Waals surface area contributed by atoms with Crippen molar-refractivity contribution < 1.29 is 9.90 Å². The van der Waals surface area contributed by atoms with Crippen molar-refractivity contribution in [3.05, 3.63) is 30.0 Å². The van der Waals surface area contributed by atoms with Crippen LogP contribution in [0.25, 0.3) is 10.9 Å². The number of aromatic nitrogens is 1. The Morgan fingerprint density at radius 2 is 1.95 bits per heavy atom. The molecule has 1 aliphatic rings. The molecule has 1 aromatic carbocycles. The smallest absolute Gasteiger partial charge is 0.337 e. The molecule has 21 heavy (non-hydrogen) atoms. The molecule has 2 heterocycles. The number of aryl methyl sites for hydroxylation is 1. The van der Waals surface area contributed by atoms with Gasteiger partial charge in [0.25, 0.3) is 0 Å². The minimum absolute atomic E-state index is 0.362. The summed E-state index contributed by atoms with van der Waals surface area (Å²) in [7, 11) is 1.89. The number of aromatic carboxylic acids is 1. The lowest BCUT2D eigenvalue weighted by Crippen LogP contribution is -2.55. The third-order valence-corrected chi connectivity index (χ3v) is 4.33. The van der Waals surface area contributed by atoms with E-state index in [1.807, 2.05) is 23.7 Å². The number of hydrogen-bond acceptors (Lipinski definition) is 3. The van der Waals surface area contributed by atoms with Gasteiger partial charge in [-0.2, -0.15) is 0 Å². The van der Waals surface area contributed by atoms with E-state index in [0.29, 0.717) is 17.6 Å². The molecule has 2 N–H and O–H groups in total. The molecule has 1 aliphatic heterocycles. The van der Waals surface area contributed by atoms with E-state index in [-0.39, 0.29) is 0 Å². The van der Waals surface area contributed by atoms with Crippen molar-refractivity contribution in [2.24, 2.45) is 7.05 Å². The molecule has 2 atom stereocenters. The number of nitrogens with zero attached hydrogens (tertiary/aromatic N) is 2. The SMILES string of the molecule is CC1CNCC(C)N1c1ccc2c(C(=O)O)cn(C)c2c1. The Balaban J connectivity index is 2.09. The van der Waals surface area contributed by atoms with Gasteiger partial charge in [-0.25, -0.2) is 4.79 Å². The molecule has 1 aromatic heterocycles. The Morgan fingerprint density at radius 1 is 1.29 bits per heavy atom. The van der Waals surface area contributed by atoms with Crippen LogP contribution in [-0.4, -0.2) is 40.8 Å². The van der Waals surface area contributed by atoms with Gasteiger partial charge in [-0.3, -0.25) is 0 Å². The van der Waals surface area contributed by atoms with Crippen molar-refractivity contribution >= 4 is 22.6 Å². The molecule has 0 spiro atoms. The largest absolute Gasteiger partial charge is 0.478 e. The zero-order valence-electron chi connectivity index (χ0n) is 12.6. The van der Waals surface area contributed by atoms with Crippen molar-refractivity contribution in [2.75, 3.05) is 18.0 Å². The predicted octanol–water partition coefficient (Wildman–Crippen LogP) is 2.06. The molecule has 2 unspecified atom stereocenters. The predicted molar refractivity (Wildman–Crippen MR) is 84.2 cm³/mol. The summed E-state index contributed by atoms with van der Waals surface area (Å²) in [4.78, 5) is 13.7. The van der Waals surface area contributed by atoms with Crippen molar-refractivity contribution in [3.8, 4) is 0 Å². The van der Waals surface area contributed by atoms with Gasteiger partial charge in [-0.05, 0) is 32.0 Å². The zero-order chi connectivity index (χ0) is 15.1. The minimum atomic E-state index is -0.878. The fourth-order valence-corrected chi connectivity index (χ4v) is 3.34. The summed E-state index contributed by atoms with van der Waals surface area (Å²) >= 11 is 0. The summed E-state index contributed by atoms with van der Waals surface area (Å²) in [5.74, 6) is -0.878. The number of benzene rings is 1. The highest BCUT2D eigenvalue weighted by molar-refractivity contribution is 6.04. The molecule has 0 saturated carbocycles. The Labute approximate surface area is 124 Å². The molecule has 5 nitrogen and oxygen atoms in total. The average Bonchev–Trinajstić information content (AvgIpc) is 2.76. The summed E-state index contributed by atoms with van der Waals surface area (Å²) in [6.45, 7) is 6.35. The van der Waals surface area contributed by atoms with E-state index in [4.69, 9.17) is 0 Å². The van der Waals surface area contributed by atoms with Crippen LogP contribution in [0.1, 0.15) is 24.2 Å². The highest BCUT2D eigenvalue weighted by Crippen LogP contribution is 2.29. The van der Waals surface area contributed by atoms with E-state index in [2.05, 4.69) is 30.1 Å². The van der Waals surface area contributed by atoms with Gasteiger partial charge in [0.15, 0.2) is 0 Å². The number of nitrogens with one attached hydrogen (secondary N) is 1. The van der Waals surface area contributed by atoms with Crippen molar-refractivity contribution in [1.29, 1.82) is 0 Å². The number of rotatable bonds is 2. The number of hydrogen-bond donors (Lipinski definition) is 2. The Hall–Kier alpha value is -2.01. The first-order valence-corrected chi connectivity index (χ1v) is 7.30. The quantitative estimate of drug-likeness (QED) is 0.888. The van der Waals surface area contributed by atoms with Crippen molar-refractivity contribution in [2.45, 2.75) is 25.9 Å². The molecule has 5 heteroatoms. The fourth-order valence-electron chi connectivity index (χ4n) is 3.34. The monoisotopic (exact) mass is 287 g/mol. The molecular formula is C16H21N3O2. The van der Waals surface area contributed by atoms with Gasteiger partial charge >= 0.3 is 5.97 Å². The number of piperazine rings is 1. The summed E-state index contributed by atoms with van der Waals surface area (Å²) in [6, 6.07) is 6.90. The van der Waals surface area contributed by atoms with Gasteiger partial charge in [0.05, 0.1) is 11.1 Å². The van der Waals surface area contributed by atoms with Gasteiger partial charge in [0, 0.05) is 49.5 Å². The van der Waals surface area contributed by atoms with E-state index < -0.39 is 5.97 Å². The van der Waals surface area contributed by atoms with Crippen LogP contribution >= 0.6 is 0 Å². The third kappa shape index (κ3) is 2.27. The Bertz CT molecular complexity index is 682. The van der Waals surface area contributed by atoms with Crippen LogP contribution in [0.3, 0.4) is 0 Å². The van der Waals surface area contributed by atoms with Crippen LogP contribution in [0.5, 0.6) is 0 Å². The topological polar surface area (TPSA) is 57.5 Å². The average molecular weight is 287 g/mol. The molecule has 0 aliphatic carbocycles. The van der Waals surface area contributed by atoms with Crippen LogP contribution < -0.4 is 10.2 Å². The lowest BCUT2D eigenvalue weighted by Gasteiger charge is -2.41. The van der Waals surface area contributed by atoms with Gasteiger partial charge in [0.1, 0.15) is 0 Å². The number of fused-ring (bicyclic) bond motifs is 1. The Morgan fingerprint density at radius 3 is 2.57 bits per heavy atom. The summed E-state index contributed by atoms with van der Waals surface area (Å²) < 4.78 is 1.89. The molecule has 2 aromatic rings. The zero-order valence-corrected chi connectivity index (χ0v) is 12.6. The highest BCUT2D eigenvalue weighted by Gasteiger charge is 2.25. The molecular weight excluding hydrogens is 266 g/mol. The second-order valence-corrected chi connectivity index (χ2v) is 5.92. The van der Waals surface area contributed by atoms with E-state index in [0.717, 1.165) is 29.7 Å². The van der Waals surface area contributed by atoms with Gasteiger partial charge in [-0.1, -0.05) is 0 Å². The summed E-state index contributed by atoms with van der Waals surface area (Å²) in [5, 5.41) is 13.5. The van der Waals surface area contributed by atoms with Crippen molar-refractivity contribution in [3.63, 3.8) is 0 Å². The fraction of sp³-hybridized carbons (Fsp3) is 0.438. The molecule has 1 fully saturated rings. The minimum Gasteiger partial charge on any atom is -0.478 e. The van der Waals surface area contributed by atoms with Crippen molar-refractivity contribution in [1.82, 2.24) is 9.88 Å². The maximum Gasteiger partial charge on any atom is 0.337 e. The number of carboxylic acids is 1. The molecule has 3 rings (SSSR count). The van der Waals surface area contributed by atoms with E-state index in [9.17, 15) is 9.90 Å². The van der Waals surface area contributed by atoms with E-state index >= 15 is 0 Å². The first kappa shape index (κ1) is 13.9. The molecule has 0 radical (unpaired) electrons. The van der Waals surface area contributed by atoms with Crippen LogP contribution in [0, 0.1) is 0 Å². The Kier molecular flexibility index (Phi) is 3.37. The standard InChI is InChI=1S/C16H21N3O2/c1-10-7-17-8-11(2)19(10)12-4-5-13-14(16(20)21)9-18(3)15(13)6-12/h4-6,9-11,17H,7-8H2,1-3H3,(H,20,21). The maximum atomic E-state index is 11.3. The second-order valence-electron chi connectivity index (χ2n) is 5.92. The molecule has 1 saturated heterocycles. The first-order valence-electron chi connectivity index (χ1n) is 7.30. The van der Waals surface area contributed by atoms with Gasteiger partial charge < -0.3 is 19.9 Å². The summed E-state index contributed by atoms with van der Waals surface area (Å²) in [5.41, 5.74) is 2.48. The second kappa shape index (κ2) is 5.07. The van der Waals surface area contributed by atoms with Gasteiger partial charge in [-0.15, -0.1) is 0 Å². The number of carboxylic acid groups (broad SMARTS) is 1. The van der Waals surface area contributed by atoms with E-state index in [1.54, 1.807) is 6.20 Å². The molecule has 0 bridgehead atoms. The third-order valence-electron chi connectivity index (χ3n) is 4.33. The normalized spacial score (nSPS) is 22.7. The molecule has 112 valence electrons. The number of carbonyl (C=O) groups is 1. The first-order chi connectivity index (χ1) is 9.99. The lowest BCUT2D eigenvalue weighted by atomic mass is 10.1. The van der Waals surface area contributed by atoms with Crippen LogP contribution in [0.15, 0.2) is 24.4 Å². The van der Waals surface area contributed by atoms with Crippen LogP contribution in [0.4, 0.5) is 5.69 Å². The van der Waals surface area contributed by atoms with Gasteiger partial charge in [0.2, 0.25) is 0 Å². The lowest BCUT2D eigenvalue weighted by molar-refractivity contribution is 0.0699. The maximum absolute atomic E-state index is 11.3. The highest BCUT2D eigenvalue weighted by atomic mass is 16.4. The van der Waals surface area contributed by atoms with E-state index in [1.165, 1.54) is 0 Å².